The fourth-order valence-electron chi connectivity index (χ4n) is 6.10. The molecule has 3 heterocycles. The first-order valence-corrected chi connectivity index (χ1v) is 23.5. The van der Waals surface area contributed by atoms with Gasteiger partial charge in [-0.05, 0) is 33.8 Å². The van der Waals surface area contributed by atoms with Gasteiger partial charge in [-0.3, -0.25) is 0 Å². The van der Waals surface area contributed by atoms with Gasteiger partial charge in [-0.25, -0.2) is 0 Å². The van der Waals surface area contributed by atoms with Crippen LogP contribution in [0.2, 0.25) is 17.3 Å². The number of nitrogens with zero attached hydrogens (tertiary/aromatic N) is 2. The minimum absolute atomic E-state index is 0. The first kappa shape index (κ1) is 32.9. The summed E-state index contributed by atoms with van der Waals surface area (Å²) in [6, 6.07) is 49.7. The van der Waals surface area contributed by atoms with Gasteiger partial charge in [0.2, 0.25) is 0 Å². The molecule has 243 valence electrons. The third-order valence-corrected chi connectivity index (χ3v) is 13.0. The second-order valence-electron chi connectivity index (χ2n) is 12.9. The molecule has 0 saturated carbocycles. The molecule has 0 saturated heterocycles. The molecule has 0 spiro atoms. The molecular weight excluding hydrogens is 837 g/mol. The predicted molar refractivity (Wildman–Crippen MR) is 203 cm³/mol. The Hall–Kier alpha value is -4.61. The van der Waals surface area contributed by atoms with E-state index in [-0.39, 0.29) is 20.1 Å². The van der Waals surface area contributed by atoms with Gasteiger partial charge < -0.3 is 9.40 Å². The molecule has 3 aromatic heterocycles. The van der Waals surface area contributed by atoms with Gasteiger partial charge in [-0.2, -0.15) is 0 Å². The Bertz CT molecular complexity index is 2390. The fraction of sp³-hybridized carbons (Fsp3) is 0.0909. The average molecular weight is 875 g/mol. The third kappa shape index (κ3) is 7.53. The molecule has 0 aliphatic carbocycles. The number of aromatic nitrogens is 2. The van der Waals surface area contributed by atoms with Crippen molar-refractivity contribution in [3.63, 3.8) is 0 Å². The van der Waals surface area contributed by atoms with Crippen LogP contribution >= 0.6 is 0 Å². The monoisotopic (exact) mass is 876 g/mol. The molecule has 3 nitrogen and oxygen atoms in total. The van der Waals surface area contributed by atoms with Crippen LogP contribution in [-0.4, -0.2) is 23.2 Å². The largest absolute Gasteiger partial charge is 0.476 e. The summed E-state index contributed by atoms with van der Waals surface area (Å²) >= 11 is -1.77. The van der Waals surface area contributed by atoms with Gasteiger partial charge >= 0.3 is 106 Å². The number of hydrogen-bond donors (Lipinski definition) is 0. The summed E-state index contributed by atoms with van der Waals surface area (Å²) in [4.78, 5) is 8.97. The molecule has 8 rings (SSSR count). The van der Waals surface area contributed by atoms with Crippen LogP contribution in [0.25, 0.3) is 66.7 Å². The van der Waals surface area contributed by atoms with Crippen LogP contribution in [0, 0.1) is 19.1 Å². The molecule has 1 radical (unpaired) electrons. The molecule has 5 heteroatoms. The molecule has 0 fully saturated rings. The van der Waals surface area contributed by atoms with E-state index in [9.17, 15) is 0 Å². The van der Waals surface area contributed by atoms with Gasteiger partial charge in [0.05, 0.1) is 6.95 Å². The molecule has 0 bridgehead atoms. The quantitative estimate of drug-likeness (QED) is 0.128. The zero-order valence-electron chi connectivity index (χ0n) is 28.9. The topological polar surface area (TPSA) is 38.9 Å². The fourth-order valence-corrected chi connectivity index (χ4v) is 9.68. The number of para-hydroxylation sites is 1. The Kier molecular flexibility index (Phi) is 10.00. The number of rotatable bonds is 5. The van der Waals surface area contributed by atoms with Crippen molar-refractivity contribution < 1.29 is 25.9 Å². The van der Waals surface area contributed by atoms with E-state index in [1.54, 1.807) is 18.3 Å². The van der Waals surface area contributed by atoms with Crippen LogP contribution in [0.3, 0.4) is 0 Å². The first-order chi connectivity index (χ1) is 23.7. The van der Waals surface area contributed by atoms with Crippen LogP contribution < -0.4 is 4.40 Å². The average Bonchev–Trinajstić information content (AvgIpc) is 3.50. The van der Waals surface area contributed by atoms with Crippen molar-refractivity contribution in [2.24, 2.45) is 0 Å². The van der Waals surface area contributed by atoms with Crippen molar-refractivity contribution in [1.82, 2.24) is 9.97 Å². The van der Waals surface area contributed by atoms with Crippen LogP contribution in [-0.2, 0) is 20.1 Å². The van der Waals surface area contributed by atoms with Gasteiger partial charge in [0, 0.05) is 31.9 Å². The molecular formula is C44H36GeIrN2O-2. The van der Waals surface area contributed by atoms with Crippen molar-refractivity contribution in [3.05, 3.63) is 164 Å². The summed E-state index contributed by atoms with van der Waals surface area (Å²) in [6.07, 6.45) is 3.72. The Morgan fingerprint density at radius 3 is 2.14 bits per heavy atom. The van der Waals surface area contributed by atoms with Crippen molar-refractivity contribution in [1.29, 1.82) is 0 Å². The van der Waals surface area contributed by atoms with E-state index in [1.165, 1.54) is 21.1 Å². The number of fused-ring (bicyclic) bond motifs is 3. The summed E-state index contributed by atoms with van der Waals surface area (Å²) in [7, 11) is 0. The van der Waals surface area contributed by atoms with Gasteiger partial charge in [0.15, 0.2) is 0 Å². The Morgan fingerprint density at radius 2 is 1.43 bits per heavy atom. The normalized spacial score (nSPS) is 11.4. The van der Waals surface area contributed by atoms with E-state index in [1.807, 2.05) is 36.4 Å². The van der Waals surface area contributed by atoms with Gasteiger partial charge in [0.1, 0.15) is 5.58 Å². The van der Waals surface area contributed by atoms with E-state index in [0.717, 1.165) is 55.6 Å². The van der Waals surface area contributed by atoms with E-state index < -0.39 is 13.3 Å². The Balaban J connectivity index is 0.000000204. The predicted octanol–water partition coefficient (Wildman–Crippen LogP) is 11.2. The van der Waals surface area contributed by atoms with Gasteiger partial charge in [-0.1, -0.05) is 96.4 Å². The van der Waals surface area contributed by atoms with Gasteiger partial charge in [-0.15, -0.1) is 17.7 Å². The number of aryl methyl sites for hydroxylation is 1. The smallest absolute Gasteiger partial charge is 0.131 e. The van der Waals surface area contributed by atoms with Crippen LogP contribution in [0.4, 0.5) is 0 Å². The molecule has 8 aromatic rings. The molecule has 49 heavy (non-hydrogen) atoms. The number of benzene rings is 5. The maximum atomic E-state index is 7.85. The molecule has 0 unspecified atom stereocenters. The summed E-state index contributed by atoms with van der Waals surface area (Å²) in [5.74, 6) is 7.20. The zero-order chi connectivity index (χ0) is 34.0. The number of pyridine rings is 2. The SMILES string of the molecule is Cc1cc(-c2[c-]cccc2)nc[c]1[Ge]([CH3])([CH3])[CH3].[2H]c1ccnc(-c2[c-]cc3c(c2)oc2c(-c4ccc(-c5ccccc5)cc4)cccc23)c1.[Ir]. The zero-order valence-corrected chi connectivity index (χ0v) is 32.4. The second kappa shape index (κ2) is 14.9. The van der Waals surface area contributed by atoms with Crippen LogP contribution in [0.1, 0.15) is 6.93 Å². The molecule has 0 atom stereocenters. The molecule has 0 aliphatic heterocycles. The van der Waals surface area contributed by atoms with Crippen LogP contribution in [0.15, 0.2) is 150 Å². The summed E-state index contributed by atoms with van der Waals surface area (Å²) in [5.41, 5.74) is 11.2. The van der Waals surface area contributed by atoms with Crippen LogP contribution in [0.5, 0.6) is 0 Å². The van der Waals surface area contributed by atoms with Crippen molar-refractivity contribution in [3.8, 4) is 44.8 Å². The molecule has 0 aliphatic rings. The van der Waals surface area contributed by atoms with E-state index in [0.29, 0.717) is 6.04 Å². The summed E-state index contributed by atoms with van der Waals surface area (Å²) < 4.78 is 15.7. The summed E-state index contributed by atoms with van der Waals surface area (Å²) in [6.45, 7) is 2.19. The Labute approximate surface area is 306 Å². The molecule has 0 amide bonds. The molecule has 5 aromatic carbocycles. The Morgan fingerprint density at radius 1 is 0.673 bits per heavy atom. The second-order valence-corrected chi connectivity index (χ2v) is 23.5. The third-order valence-electron chi connectivity index (χ3n) is 8.52. The first-order valence-electron chi connectivity index (χ1n) is 16.6. The summed E-state index contributed by atoms with van der Waals surface area (Å²) in [5, 5.41) is 2.09. The van der Waals surface area contributed by atoms with Crippen molar-refractivity contribution in [2.45, 2.75) is 24.2 Å². The van der Waals surface area contributed by atoms with Crippen molar-refractivity contribution in [2.75, 3.05) is 0 Å². The minimum atomic E-state index is -1.77. The number of furan rings is 1. The van der Waals surface area contributed by atoms with Gasteiger partial charge in [0.25, 0.3) is 0 Å². The number of hydrogen-bond acceptors (Lipinski definition) is 3. The molecule has 0 N–H and O–H groups in total. The van der Waals surface area contributed by atoms with E-state index >= 15 is 0 Å². The standard InChI is InChI=1S/C29H18NO.C15H18GeN.Ir/c1-2-7-20(8-3-1)21-12-14-22(15-13-21)24-9-6-10-26-25-17-16-23(19-28(25)31-29(24)26)27-11-4-5-18-30-27;1-12-10-15(13-8-6-5-7-9-13)17-11-14(12)16(2,3)4;/h1-15,17-19H;5-8,10-11H,1-4H3;/q2*-1;/i4D;;. The van der Waals surface area contributed by atoms with E-state index in [4.69, 9.17) is 5.79 Å². The maximum Gasteiger partial charge on any atom is 0.131 e. The maximum absolute atomic E-state index is 7.85. The van der Waals surface area contributed by atoms with Crippen molar-refractivity contribution >= 4 is 39.6 Å². The van der Waals surface area contributed by atoms with E-state index in [2.05, 4.69) is 131 Å². The minimum Gasteiger partial charge on any atom is -0.476 e.